The molecule has 0 aliphatic heterocycles. The molecule has 2 aromatic heterocycles. The maximum absolute atomic E-state index is 11.3. The van der Waals surface area contributed by atoms with Gasteiger partial charge in [0.1, 0.15) is 5.01 Å². The zero-order chi connectivity index (χ0) is 10.8. The fourth-order valence-corrected chi connectivity index (χ4v) is 1.87. The first-order valence-corrected chi connectivity index (χ1v) is 5.12. The van der Waals surface area contributed by atoms with Crippen molar-refractivity contribution in [1.29, 1.82) is 0 Å². The molecule has 0 aliphatic rings. The summed E-state index contributed by atoms with van der Waals surface area (Å²) in [4.78, 5) is 22.3. The van der Waals surface area contributed by atoms with E-state index in [4.69, 9.17) is 11.6 Å². The van der Waals surface area contributed by atoms with Crippen molar-refractivity contribution in [2.75, 3.05) is 0 Å². The highest BCUT2D eigenvalue weighted by molar-refractivity contribution is 7.15. The lowest BCUT2D eigenvalue weighted by atomic mass is 10.5. The molecule has 6 nitrogen and oxygen atoms in total. The molecule has 0 amide bonds. The third-order valence-electron chi connectivity index (χ3n) is 1.62. The van der Waals surface area contributed by atoms with E-state index in [1.165, 1.54) is 12.1 Å². The Balaban J connectivity index is 2.35. The molecule has 0 aromatic carbocycles. The molecular weight excluding hydrogens is 240 g/mol. The lowest BCUT2D eigenvalue weighted by Crippen LogP contribution is -2.28. The summed E-state index contributed by atoms with van der Waals surface area (Å²) in [5, 5.41) is 10.3. The quantitative estimate of drug-likeness (QED) is 0.812. The van der Waals surface area contributed by atoms with Crippen LogP contribution in [0.5, 0.6) is 0 Å². The van der Waals surface area contributed by atoms with Crippen LogP contribution in [0.2, 0.25) is 4.47 Å². The largest absolute Gasteiger partial charge is 0.268 e. The van der Waals surface area contributed by atoms with Gasteiger partial charge in [-0.25, -0.2) is 4.68 Å². The van der Waals surface area contributed by atoms with Gasteiger partial charge in [0.15, 0.2) is 0 Å². The van der Waals surface area contributed by atoms with Crippen molar-refractivity contribution in [2.45, 2.75) is 6.54 Å². The number of aromatic amines is 1. The minimum atomic E-state index is -0.342. The molecule has 0 atom stereocenters. The molecule has 0 bridgehead atoms. The maximum Gasteiger partial charge on any atom is 0.265 e. The summed E-state index contributed by atoms with van der Waals surface area (Å²) < 4.78 is 1.45. The van der Waals surface area contributed by atoms with Crippen molar-refractivity contribution in [3.8, 4) is 0 Å². The van der Waals surface area contributed by atoms with Gasteiger partial charge in [-0.3, -0.25) is 14.7 Å². The van der Waals surface area contributed by atoms with Crippen LogP contribution >= 0.6 is 22.9 Å². The summed E-state index contributed by atoms with van der Waals surface area (Å²) >= 11 is 6.74. The molecule has 0 aliphatic carbocycles. The summed E-state index contributed by atoms with van der Waals surface area (Å²) in [7, 11) is 0. The van der Waals surface area contributed by atoms with Crippen LogP contribution in [0.4, 0.5) is 0 Å². The molecule has 0 spiro atoms. The van der Waals surface area contributed by atoms with Crippen LogP contribution in [0, 0.1) is 0 Å². The van der Waals surface area contributed by atoms with E-state index in [0.29, 0.717) is 9.47 Å². The van der Waals surface area contributed by atoms with E-state index in [0.717, 1.165) is 16.0 Å². The zero-order valence-corrected chi connectivity index (χ0v) is 8.88. The SMILES string of the molecule is O=c1ccc(=O)n(Cc2nnc(Cl)s2)[nH]1. The molecule has 78 valence electrons. The van der Waals surface area contributed by atoms with E-state index in [1.54, 1.807) is 0 Å². The van der Waals surface area contributed by atoms with Crippen LogP contribution in [0.25, 0.3) is 0 Å². The number of rotatable bonds is 2. The number of nitrogens with one attached hydrogen (secondary N) is 1. The predicted molar refractivity (Wildman–Crippen MR) is 55.3 cm³/mol. The van der Waals surface area contributed by atoms with Crippen LogP contribution in [0.3, 0.4) is 0 Å². The molecule has 2 heterocycles. The second kappa shape index (κ2) is 3.95. The van der Waals surface area contributed by atoms with Gasteiger partial charge in [-0.2, -0.15) is 0 Å². The predicted octanol–water partition coefficient (Wildman–Crippen LogP) is 0.0898. The number of aromatic nitrogens is 4. The summed E-state index contributed by atoms with van der Waals surface area (Å²) in [6.07, 6.45) is 0. The number of hydrogen-bond donors (Lipinski definition) is 1. The molecule has 1 N–H and O–H groups in total. The van der Waals surface area contributed by atoms with Crippen molar-refractivity contribution in [3.05, 3.63) is 42.3 Å². The van der Waals surface area contributed by atoms with Crippen molar-refractivity contribution in [2.24, 2.45) is 0 Å². The molecule has 0 unspecified atom stereocenters. The van der Waals surface area contributed by atoms with E-state index in [2.05, 4.69) is 15.3 Å². The van der Waals surface area contributed by atoms with E-state index in [-0.39, 0.29) is 17.7 Å². The van der Waals surface area contributed by atoms with Gasteiger partial charge < -0.3 is 0 Å². The van der Waals surface area contributed by atoms with E-state index in [9.17, 15) is 9.59 Å². The molecule has 0 radical (unpaired) electrons. The van der Waals surface area contributed by atoms with Gasteiger partial charge >= 0.3 is 0 Å². The summed E-state index contributed by atoms with van der Waals surface area (Å²) in [5.41, 5.74) is -0.647. The van der Waals surface area contributed by atoms with Crippen LogP contribution < -0.4 is 11.1 Å². The zero-order valence-electron chi connectivity index (χ0n) is 7.31. The summed E-state index contributed by atoms with van der Waals surface area (Å²) in [5.74, 6) is 0. The fraction of sp³-hybridized carbons (Fsp3) is 0.143. The number of nitrogens with zero attached hydrogens (tertiary/aromatic N) is 3. The van der Waals surface area contributed by atoms with Gasteiger partial charge in [0.2, 0.25) is 4.47 Å². The summed E-state index contributed by atoms with van der Waals surface area (Å²) in [6.45, 7) is 0.166. The van der Waals surface area contributed by atoms with Crippen molar-refractivity contribution < 1.29 is 0 Å². The van der Waals surface area contributed by atoms with E-state index in [1.807, 2.05) is 0 Å². The van der Waals surface area contributed by atoms with Gasteiger partial charge in [-0.05, 0) is 11.6 Å². The van der Waals surface area contributed by atoms with Gasteiger partial charge in [-0.1, -0.05) is 11.3 Å². The Kier molecular flexibility index (Phi) is 2.65. The second-order valence-electron chi connectivity index (χ2n) is 2.68. The molecule has 0 saturated carbocycles. The number of halogens is 1. The first kappa shape index (κ1) is 10.1. The molecule has 8 heteroatoms. The third kappa shape index (κ3) is 2.31. The molecule has 2 aromatic rings. The van der Waals surface area contributed by atoms with Gasteiger partial charge in [-0.15, -0.1) is 10.2 Å². The first-order valence-electron chi connectivity index (χ1n) is 3.93. The highest BCUT2D eigenvalue weighted by Gasteiger charge is 2.04. The first-order chi connectivity index (χ1) is 7.15. The lowest BCUT2D eigenvalue weighted by molar-refractivity contribution is 0.621. The minimum absolute atomic E-state index is 0.166. The Labute approximate surface area is 92.1 Å². The molecule has 15 heavy (non-hydrogen) atoms. The average molecular weight is 245 g/mol. The van der Waals surface area contributed by atoms with Gasteiger partial charge in [0.25, 0.3) is 11.1 Å². The highest BCUT2D eigenvalue weighted by Crippen LogP contribution is 2.14. The smallest absolute Gasteiger partial charge is 0.265 e. The third-order valence-corrected chi connectivity index (χ3v) is 2.63. The average Bonchev–Trinajstić information content (AvgIpc) is 2.58. The maximum atomic E-state index is 11.3. The lowest BCUT2D eigenvalue weighted by Gasteiger charge is -1.99. The van der Waals surface area contributed by atoms with Crippen molar-refractivity contribution in [1.82, 2.24) is 20.0 Å². The Morgan fingerprint density at radius 1 is 1.40 bits per heavy atom. The van der Waals surface area contributed by atoms with Crippen molar-refractivity contribution in [3.63, 3.8) is 0 Å². The topological polar surface area (TPSA) is 80.6 Å². The normalized spacial score (nSPS) is 10.5. The van der Waals surface area contributed by atoms with Crippen LogP contribution in [0.15, 0.2) is 21.7 Å². The van der Waals surface area contributed by atoms with Gasteiger partial charge in [0, 0.05) is 12.1 Å². The van der Waals surface area contributed by atoms with Crippen LogP contribution in [-0.2, 0) is 6.54 Å². The highest BCUT2D eigenvalue weighted by atomic mass is 35.5. The number of H-pyrrole nitrogens is 1. The Hall–Kier alpha value is -1.47. The van der Waals surface area contributed by atoms with Gasteiger partial charge in [0.05, 0.1) is 6.54 Å². The number of hydrogen-bond acceptors (Lipinski definition) is 5. The molecule has 0 saturated heterocycles. The second-order valence-corrected chi connectivity index (χ2v) is 4.33. The fourth-order valence-electron chi connectivity index (χ4n) is 1.01. The summed E-state index contributed by atoms with van der Waals surface area (Å²) in [6, 6.07) is 2.37. The van der Waals surface area contributed by atoms with Crippen LogP contribution in [0.1, 0.15) is 5.01 Å². The standard InChI is InChI=1S/C7H5ClN4O2S/c8-7-10-9-5(15-7)3-12-6(14)2-1-4(13)11-12/h1-2H,3H2,(H,11,13). The monoisotopic (exact) mass is 244 g/mol. The minimum Gasteiger partial charge on any atom is -0.268 e. The Bertz CT molecular complexity index is 587. The van der Waals surface area contributed by atoms with E-state index >= 15 is 0 Å². The van der Waals surface area contributed by atoms with E-state index < -0.39 is 0 Å². The molecule has 2 rings (SSSR count). The molecule has 0 fully saturated rings. The Morgan fingerprint density at radius 2 is 2.20 bits per heavy atom. The molecular formula is C7H5ClN4O2S. The van der Waals surface area contributed by atoms with Crippen molar-refractivity contribution >= 4 is 22.9 Å². The van der Waals surface area contributed by atoms with Crippen LogP contribution in [-0.4, -0.2) is 20.0 Å². The Morgan fingerprint density at radius 3 is 2.87 bits per heavy atom.